The normalized spacial score (nSPS) is 23.9. The molecule has 29 heavy (non-hydrogen) atoms. The third-order valence-corrected chi connectivity index (χ3v) is 7.18. The van der Waals surface area contributed by atoms with E-state index in [0.717, 1.165) is 58.2 Å². The lowest BCUT2D eigenvalue weighted by Crippen LogP contribution is -2.51. The summed E-state index contributed by atoms with van der Waals surface area (Å²) in [5, 5.41) is 3.16. The van der Waals surface area contributed by atoms with Crippen LogP contribution in [0, 0.1) is 5.92 Å². The predicted molar refractivity (Wildman–Crippen MR) is 116 cm³/mol. The van der Waals surface area contributed by atoms with E-state index in [4.69, 9.17) is 4.74 Å². The molecule has 0 aromatic heterocycles. The molecule has 0 unspecified atom stereocenters. The van der Waals surface area contributed by atoms with E-state index < -0.39 is 0 Å². The zero-order chi connectivity index (χ0) is 19.9. The average molecular weight is 400 g/mol. The van der Waals surface area contributed by atoms with Crippen LogP contribution in [0.5, 0.6) is 0 Å². The zero-order valence-corrected chi connectivity index (χ0v) is 17.7. The van der Waals surface area contributed by atoms with Gasteiger partial charge in [-0.15, -0.1) is 0 Å². The van der Waals surface area contributed by atoms with E-state index >= 15 is 0 Å². The van der Waals surface area contributed by atoms with Crippen LogP contribution >= 0.6 is 0 Å². The first-order chi connectivity index (χ1) is 14.3. The van der Waals surface area contributed by atoms with Crippen LogP contribution in [0.4, 0.5) is 0 Å². The number of hydrogen-bond donors (Lipinski definition) is 1. The van der Waals surface area contributed by atoms with Crippen LogP contribution in [0.2, 0.25) is 0 Å². The van der Waals surface area contributed by atoms with Gasteiger partial charge in [0.25, 0.3) is 0 Å². The maximum Gasteiger partial charge on any atom is 0.223 e. The van der Waals surface area contributed by atoms with Gasteiger partial charge in [0.15, 0.2) is 0 Å². The van der Waals surface area contributed by atoms with Gasteiger partial charge in [0.05, 0.1) is 0 Å². The largest absolute Gasteiger partial charge is 0.381 e. The molecule has 1 N–H and O–H groups in total. The van der Waals surface area contributed by atoms with Crippen molar-refractivity contribution in [1.29, 1.82) is 0 Å². The number of carbonyl (C=O) groups excluding carboxylic acids is 1. The smallest absolute Gasteiger partial charge is 0.223 e. The maximum absolute atomic E-state index is 12.5. The quantitative estimate of drug-likeness (QED) is 0.799. The van der Waals surface area contributed by atoms with Crippen molar-refractivity contribution in [2.75, 3.05) is 45.9 Å². The van der Waals surface area contributed by atoms with Gasteiger partial charge in [0, 0.05) is 37.8 Å². The molecule has 0 aliphatic carbocycles. The van der Waals surface area contributed by atoms with Crippen molar-refractivity contribution in [3.63, 3.8) is 0 Å². The van der Waals surface area contributed by atoms with Gasteiger partial charge in [-0.1, -0.05) is 30.3 Å². The second kappa shape index (κ2) is 10.6. The summed E-state index contributed by atoms with van der Waals surface area (Å²) < 4.78 is 5.52. The molecular weight excluding hydrogens is 362 g/mol. The van der Waals surface area contributed by atoms with E-state index in [1.165, 1.54) is 44.3 Å². The third kappa shape index (κ3) is 5.80. The fourth-order valence-electron chi connectivity index (χ4n) is 5.31. The number of piperidine rings is 2. The van der Waals surface area contributed by atoms with Gasteiger partial charge >= 0.3 is 0 Å². The summed E-state index contributed by atoms with van der Waals surface area (Å²) in [6, 6.07) is 11.9. The summed E-state index contributed by atoms with van der Waals surface area (Å²) >= 11 is 0. The first-order valence-electron chi connectivity index (χ1n) is 11.7. The molecule has 3 saturated heterocycles. The highest BCUT2D eigenvalue weighted by atomic mass is 16.5. The highest BCUT2D eigenvalue weighted by Crippen LogP contribution is 2.26. The highest BCUT2D eigenvalue weighted by Gasteiger charge is 2.32. The molecule has 3 aliphatic rings. The number of nitrogens with zero attached hydrogens (tertiary/aromatic N) is 2. The van der Waals surface area contributed by atoms with Gasteiger partial charge in [-0.25, -0.2) is 0 Å². The van der Waals surface area contributed by atoms with E-state index in [-0.39, 0.29) is 11.8 Å². The first-order valence-corrected chi connectivity index (χ1v) is 11.7. The molecule has 1 aromatic carbocycles. The van der Waals surface area contributed by atoms with Crippen LogP contribution in [0.25, 0.3) is 0 Å². The Morgan fingerprint density at radius 2 is 1.45 bits per heavy atom. The van der Waals surface area contributed by atoms with Crippen molar-refractivity contribution in [1.82, 2.24) is 15.1 Å². The molecule has 3 aliphatic heterocycles. The van der Waals surface area contributed by atoms with Crippen molar-refractivity contribution in [2.45, 2.75) is 57.0 Å². The highest BCUT2D eigenvalue weighted by molar-refractivity contribution is 5.78. The lowest BCUT2D eigenvalue weighted by Gasteiger charge is -2.44. The number of amides is 1. The minimum absolute atomic E-state index is 0.198. The molecule has 1 amide bonds. The van der Waals surface area contributed by atoms with Gasteiger partial charge in [0.2, 0.25) is 5.91 Å². The number of hydrogen-bond acceptors (Lipinski definition) is 4. The molecule has 0 bridgehead atoms. The number of benzene rings is 1. The van der Waals surface area contributed by atoms with Crippen molar-refractivity contribution < 1.29 is 9.53 Å². The Kier molecular flexibility index (Phi) is 7.58. The maximum atomic E-state index is 12.5. The van der Waals surface area contributed by atoms with E-state index in [9.17, 15) is 4.79 Å². The second-order valence-electron chi connectivity index (χ2n) is 8.95. The average Bonchev–Trinajstić information content (AvgIpc) is 2.80. The molecule has 4 rings (SSSR count). The fourth-order valence-corrected chi connectivity index (χ4v) is 5.31. The van der Waals surface area contributed by atoms with Crippen molar-refractivity contribution in [3.05, 3.63) is 35.9 Å². The number of likely N-dealkylation sites (tertiary alicyclic amines) is 2. The van der Waals surface area contributed by atoms with E-state index in [1.807, 2.05) is 6.07 Å². The number of carbonyl (C=O) groups is 1. The predicted octanol–water partition coefficient (Wildman–Crippen LogP) is 2.70. The van der Waals surface area contributed by atoms with E-state index in [1.54, 1.807) is 0 Å². The minimum atomic E-state index is 0.198. The fraction of sp³-hybridized carbons (Fsp3) is 0.708. The summed E-state index contributed by atoms with van der Waals surface area (Å²) in [6.45, 7) is 7.24. The SMILES string of the molecule is O=C(NCCc1ccccc1)C1CCN(C2CCN(C3CCOCC3)CC2)CC1. The molecular formula is C24H37N3O2. The molecule has 1 aromatic rings. The van der Waals surface area contributed by atoms with Crippen LogP contribution in [-0.2, 0) is 16.0 Å². The Hall–Kier alpha value is -1.43. The van der Waals surface area contributed by atoms with Crippen molar-refractivity contribution in [2.24, 2.45) is 5.92 Å². The Morgan fingerprint density at radius 3 is 2.10 bits per heavy atom. The lowest BCUT2D eigenvalue weighted by molar-refractivity contribution is -0.126. The summed E-state index contributed by atoms with van der Waals surface area (Å²) in [6.07, 6.45) is 7.91. The van der Waals surface area contributed by atoms with Crippen LogP contribution in [0.1, 0.15) is 44.1 Å². The van der Waals surface area contributed by atoms with Crippen LogP contribution in [0.3, 0.4) is 0 Å². The van der Waals surface area contributed by atoms with Gasteiger partial charge in [-0.2, -0.15) is 0 Å². The van der Waals surface area contributed by atoms with Crippen LogP contribution in [-0.4, -0.2) is 73.7 Å². The lowest BCUT2D eigenvalue weighted by atomic mass is 9.92. The summed E-state index contributed by atoms with van der Waals surface area (Å²) in [5.74, 6) is 0.458. The van der Waals surface area contributed by atoms with Gasteiger partial charge < -0.3 is 19.9 Å². The first kappa shape index (κ1) is 20.8. The molecule has 0 atom stereocenters. The Morgan fingerprint density at radius 1 is 0.862 bits per heavy atom. The molecule has 3 heterocycles. The Balaban J connectivity index is 1.13. The van der Waals surface area contributed by atoms with Gasteiger partial charge in [-0.3, -0.25) is 4.79 Å². The molecule has 3 fully saturated rings. The molecule has 160 valence electrons. The van der Waals surface area contributed by atoms with Crippen molar-refractivity contribution in [3.8, 4) is 0 Å². The topological polar surface area (TPSA) is 44.8 Å². The Bertz CT molecular complexity index is 616. The molecule has 0 spiro atoms. The van der Waals surface area contributed by atoms with Crippen molar-refractivity contribution >= 4 is 5.91 Å². The molecule has 0 saturated carbocycles. The molecule has 5 nitrogen and oxygen atoms in total. The number of nitrogens with one attached hydrogen (secondary N) is 1. The minimum Gasteiger partial charge on any atom is -0.381 e. The number of rotatable bonds is 6. The molecule has 5 heteroatoms. The summed E-state index contributed by atoms with van der Waals surface area (Å²) in [7, 11) is 0. The monoisotopic (exact) mass is 399 g/mol. The standard InChI is InChI=1S/C24H37N3O2/c28-24(25-13-6-20-4-2-1-3-5-20)21-7-14-26(15-8-21)22-9-16-27(17-10-22)23-11-18-29-19-12-23/h1-5,21-23H,6-19H2,(H,25,28). The second-order valence-corrected chi connectivity index (χ2v) is 8.95. The van der Waals surface area contributed by atoms with Crippen LogP contribution in [0.15, 0.2) is 30.3 Å². The summed E-state index contributed by atoms with van der Waals surface area (Å²) in [5.41, 5.74) is 1.29. The van der Waals surface area contributed by atoms with Gasteiger partial charge in [0.1, 0.15) is 0 Å². The van der Waals surface area contributed by atoms with E-state index in [2.05, 4.69) is 39.4 Å². The van der Waals surface area contributed by atoms with Crippen LogP contribution < -0.4 is 5.32 Å². The molecule has 0 radical (unpaired) electrons. The number of ether oxygens (including phenoxy) is 1. The zero-order valence-electron chi connectivity index (χ0n) is 17.7. The Labute approximate surface area is 175 Å². The van der Waals surface area contributed by atoms with Gasteiger partial charge in [-0.05, 0) is 76.7 Å². The van der Waals surface area contributed by atoms with E-state index in [0.29, 0.717) is 6.04 Å². The summed E-state index contributed by atoms with van der Waals surface area (Å²) in [4.78, 5) is 17.9. The third-order valence-electron chi connectivity index (χ3n) is 7.18.